The van der Waals surface area contributed by atoms with Gasteiger partial charge in [-0.05, 0) is 62.9 Å². The molecule has 1 aliphatic heterocycles. The number of aliphatic hydroxyl groups is 2. The van der Waals surface area contributed by atoms with Gasteiger partial charge in [-0.1, -0.05) is 32.0 Å². The summed E-state index contributed by atoms with van der Waals surface area (Å²) in [5, 5.41) is 23.4. The normalized spacial score (nSPS) is 37.4. The third kappa shape index (κ3) is 6.21. The predicted molar refractivity (Wildman–Crippen MR) is 192 cm³/mol. The Labute approximate surface area is 277 Å². The summed E-state index contributed by atoms with van der Waals surface area (Å²) < 4.78 is 25.8. The second kappa shape index (κ2) is 13.6. The van der Waals surface area contributed by atoms with Crippen LogP contribution in [-0.2, 0) is 28.3 Å². The Hall–Kier alpha value is 0.420. The van der Waals surface area contributed by atoms with E-state index in [0.29, 0.717) is 16.7 Å². The lowest BCUT2D eigenvalue weighted by Crippen LogP contribution is -2.79. The van der Waals surface area contributed by atoms with E-state index < -0.39 is 98.0 Å². The third-order valence-corrected chi connectivity index (χ3v) is 32.8. The fourth-order valence-corrected chi connectivity index (χ4v) is 41.1. The molecule has 0 radical (unpaired) electrons. The number of rotatable bonds is 7. The highest BCUT2D eigenvalue weighted by Gasteiger charge is 2.75. The molecule has 3 aliphatic carbocycles. The van der Waals surface area contributed by atoms with Crippen LogP contribution in [0.5, 0.6) is 0 Å². The highest BCUT2D eigenvalue weighted by Crippen LogP contribution is 2.98. The number of hydrogen-bond donors (Lipinski definition) is 2. The molecule has 1 aromatic rings. The van der Waals surface area contributed by atoms with Gasteiger partial charge in [-0.15, -0.1) is 35.7 Å². The van der Waals surface area contributed by atoms with Crippen LogP contribution in [0.3, 0.4) is 0 Å². The smallest absolute Gasteiger partial charge is 0.338 e. The SMILES string of the molecule is CC(=O)O[C@@]12CO[C@@H]1C[C@H](OP(P(P)P)P(P)P)[C@@]1(C)C(=O)[C@H](O)C3=C(C)[C@@H](O)CC([C@@H](OC(=O)c4ccccc4)[C@H]21)C3(C)C. The van der Waals surface area contributed by atoms with Gasteiger partial charge in [-0.3, -0.25) is 9.59 Å². The number of hydrogen-bond acceptors (Lipinski definition) is 9. The van der Waals surface area contributed by atoms with Crippen molar-refractivity contribution in [2.75, 3.05) is 6.61 Å². The van der Waals surface area contributed by atoms with E-state index in [-0.39, 0.29) is 19.4 Å². The van der Waals surface area contributed by atoms with Gasteiger partial charge < -0.3 is 28.9 Å². The van der Waals surface area contributed by atoms with E-state index in [1.165, 1.54) is 6.92 Å². The molecule has 1 aromatic carbocycles. The molecular weight excluding hydrogens is 709 g/mol. The van der Waals surface area contributed by atoms with Crippen LogP contribution in [-0.4, -0.2) is 70.7 Å². The van der Waals surface area contributed by atoms with Crippen LogP contribution in [0.25, 0.3) is 0 Å². The minimum Gasteiger partial charge on any atom is -0.458 e. The number of aliphatic hydroxyl groups excluding tert-OH is 2. The molecule has 13 atom stereocenters. The summed E-state index contributed by atoms with van der Waals surface area (Å²) in [6.45, 7) is 7.26. The molecule has 0 spiro atoms. The zero-order chi connectivity index (χ0) is 33.2. The maximum absolute atomic E-state index is 15.1. The van der Waals surface area contributed by atoms with Crippen molar-refractivity contribution in [3.63, 3.8) is 0 Å². The Kier molecular flexibility index (Phi) is 11.1. The van der Waals surface area contributed by atoms with Crippen molar-refractivity contribution in [2.45, 2.75) is 83.6 Å². The van der Waals surface area contributed by atoms with Gasteiger partial charge in [0.25, 0.3) is 0 Å². The monoisotopic (exact) mass is 752 g/mol. The van der Waals surface area contributed by atoms with E-state index in [9.17, 15) is 19.8 Å². The summed E-state index contributed by atoms with van der Waals surface area (Å²) in [7, 11) is 10.3. The molecule has 1 saturated heterocycles. The minimum atomic E-state index is -1.55. The maximum atomic E-state index is 15.1. The summed E-state index contributed by atoms with van der Waals surface area (Å²) in [4.78, 5) is 41.8. The van der Waals surface area contributed by atoms with Crippen molar-refractivity contribution in [3.05, 3.63) is 47.0 Å². The first-order valence-corrected chi connectivity index (χ1v) is 26.6. The fraction of sp³-hybridized carbons (Fsp3) is 0.621. The molecule has 5 unspecified atom stereocenters. The van der Waals surface area contributed by atoms with Crippen LogP contribution in [0.1, 0.15) is 57.8 Å². The van der Waals surface area contributed by atoms with Crippen molar-refractivity contribution in [3.8, 4) is 0 Å². The lowest BCUT2D eigenvalue weighted by Gasteiger charge is -2.66. The first kappa shape index (κ1) is 36.7. The molecule has 3 fully saturated rings. The van der Waals surface area contributed by atoms with Gasteiger partial charge in [0, 0.05) is 19.3 Å². The second-order valence-electron chi connectivity index (χ2n) is 13.1. The number of carbonyl (C=O) groups is 3. The summed E-state index contributed by atoms with van der Waals surface area (Å²) in [5.74, 6) is -3.15. The molecule has 2 saturated carbocycles. The van der Waals surface area contributed by atoms with Crippen LogP contribution >= 0.6 is 57.2 Å². The average molecular weight is 752 g/mol. The number of Topliss-reactive ketones (excluding diaryl/α,β-unsaturated/α-hetero) is 1. The molecule has 248 valence electrons. The van der Waals surface area contributed by atoms with Crippen LogP contribution in [0.4, 0.5) is 0 Å². The Morgan fingerprint density at radius 3 is 2.18 bits per heavy atom. The molecule has 2 bridgehead atoms. The largest absolute Gasteiger partial charge is 0.458 e. The van der Waals surface area contributed by atoms with Gasteiger partial charge in [0.05, 0.1) is 43.2 Å². The molecule has 2 N–H and O–H groups in total. The predicted octanol–water partition coefficient (Wildman–Crippen LogP) is 6.34. The van der Waals surface area contributed by atoms with Gasteiger partial charge in [-0.25, -0.2) is 4.79 Å². The molecule has 5 rings (SSSR count). The fourth-order valence-electron chi connectivity index (χ4n) is 8.21. The van der Waals surface area contributed by atoms with E-state index in [0.717, 1.165) is 0 Å². The third-order valence-electron chi connectivity index (χ3n) is 10.3. The molecule has 0 aromatic heterocycles. The number of esters is 2. The number of ether oxygens (including phenoxy) is 3. The first-order valence-electron chi connectivity index (χ1n) is 14.7. The van der Waals surface area contributed by atoms with E-state index in [1.807, 2.05) is 13.8 Å². The quantitative estimate of drug-likeness (QED) is 0.186. The van der Waals surface area contributed by atoms with Gasteiger partial charge in [0.15, 0.2) is 11.4 Å². The topological polar surface area (TPSA) is 129 Å². The first-order chi connectivity index (χ1) is 21.0. The lowest BCUT2D eigenvalue weighted by molar-refractivity contribution is -0.333. The molecule has 45 heavy (non-hydrogen) atoms. The van der Waals surface area contributed by atoms with E-state index in [4.69, 9.17) is 18.7 Å². The van der Waals surface area contributed by atoms with Gasteiger partial charge >= 0.3 is 11.9 Å². The lowest BCUT2D eigenvalue weighted by atomic mass is 9.46. The molecule has 1 heterocycles. The van der Waals surface area contributed by atoms with Crippen molar-refractivity contribution < 1.29 is 43.3 Å². The van der Waals surface area contributed by atoms with Crippen LogP contribution < -0.4 is 0 Å². The zero-order valence-electron chi connectivity index (χ0n) is 26.0. The van der Waals surface area contributed by atoms with Gasteiger partial charge in [-0.2, -0.15) is 0 Å². The Bertz CT molecular complexity index is 1370. The second-order valence-corrected chi connectivity index (χ2v) is 36.7. The summed E-state index contributed by atoms with van der Waals surface area (Å²) in [5.41, 5.74) is -2.36. The van der Waals surface area contributed by atoms with E-state index in [2.05, 4.69) is 35.7 Å². The molecular formula is C29H43O9P7. The zero-order valence-corrected chi connectivity index (χ0v) is 33.3. The van der Waals surface area contributed by atoms with Crippen LogP contribution in [0.2, 0.25) is 0 Å². The van der Waals surface area contributed by atoms with E-state index in [1.54, 1.807) is 44.2 Å². The van der Waals surface area contributed by atoms with Crippen molar-refractivity contribution in [2.24, 2.45) is 22.7 Å². The summed E-state index contributed by atoms with van der Waals surface area (Å²) >= 11 is 0. The molecule has 4 aliphatic rings. The summed E-state index contributed by atoms with van der Waals surface area (Å²) in [6, 6.07) is 8.61. The maximum Gasteiger partial charge on any atom is 0.338 e. The van der Waals surface area contributed by atoms with Crippen LogP contribution in [0, 0.1) is 22.7 Å². The molecule has 16 heteroatoms. The number of carbonyl (C=O) groups excluding carboxylic acids is 3. The van der Waals surface area contributed by atoms with Gasteiger partial charge in [0.2, 0.25) is 0 Å². The highest BCUT2D eigenvalue weighted by molar-refractivity contribution is 8.96. The van der Waals surface area contributed by atoms with Crippen molar-refractivity contribution in [1.82, 2.24) is 0 Å². The average Bonchev–Trinajstić information content (AvgIpc) is 2.95. The molecule has 9 nitrogen and oxygen atoms in total. The molecule has 0 amide bonds. The van der Waals surface area contributed by atoms with Crippen molar-refractivity contribution >= 4 is 74.9 Å². The summed E-state index contributed by atoms with van der Waals surface area (Å²) in [6.07, 6.45) is -4.44. The highest BCUT2D eigenvalue weighted by atomic mass is 33.0. The standard InChI is InChI=1S/C29H43O9P7/c1-14-18(31)11-17-23(36-26(34)16-9-7-6-8-10-16)24-28(5,25(33)22(32)21(14)27(17,3)4)19(38-43(44(39)40)45(41)42)12-20-29(24,13-35-20)37-15(2)30/h6-10,17-20,22-24,31-32H,11-13,39-42H2,1-5H3/t17?,18-,19-,20+,22+,23+,24-,28+,29-/m0/s1. The van der Waals surface area contributed by atoms with Gasteiger partial charge in [0.1, 0.15) is 18.3 Å². The number of benzene rings is 1. The number of fused-ring (bicyclic) bond motifs is 5. The Morgan fingerprint density at radius 2 is 1.64 bits per heavy atom. The van der Waals surface area contributed by atoms with E-state index >= 15 is 4.79 Å². The van der Waals surface area contributed by atoms with Crippen LogP contribution in [0.15, 0.2) is 41.5 Å². The minimum absolute atomic E-state index is 0.000883. The number of ketones is 1. The Morgan fingerprint density at radius 1 is 1.02 bits per heavy atom. The van der Waals surface area contributed by atoms with Crippen molar-refractivity contribution in [1.29, 1.82) is 0 Å². The Balaban J connectivity index is 1.79.